The van der Waals surface area contributed by atoms with Gasteiger partial charge in [-0.05, 0) is 6.42 Å². The van der Waals surface area contributed by atoms with E-state index in [1.54, 1.807) is 6.92 Å². The molecule has 0 radical (unpaired) electrons. The maximum absolute atomic E-state index is 11.3. The quantitative estimate of drug-likeness (QED) is 0.669. The number of carboxylic acids is 1. The van der Waals surface area contributed by atoms with Gasteiger partial charge in [-0.3, -0.25) is 4.79 Å². The number of carbonyl (C=O) groups is 2. The van der Waals surface area contributed by atoms with Gasteiger partial charge in [-0.1, -0.05) is 6.92 Å². The highest BCUT2D eigenvalue weighted by molar-refractivity contribution is 5.83. The van der Waals surface area contributed by atoms with Crippen LogP contribution in [0.25, 0.3) is 0 Å². The van der Waals surface area contributed by atoms with Crippen molar-refractivity contribution in [3.63, 3.8) is 0 Å². The van der Waals surface area contributed by atoms with Crippen molar-refractivity contribution in [3.05, 3.63) is 12.7 Å². The molecule has 0 unspecified atom stereocenters. The molecule has 0 saturated heterocycles. The summed E-state index contributed by atoms with van der Waals surface area (Å²) in [7, 11) is 0. The highest BCUT2D eigenvalue weighted by Gasteiger charge is 2.17. The molecular formula is C8H12N4O3. The molecule has 1 heterocycles. The summed E-state index contributed by atoms with van der Waals surface area (Å²) in [4.78, 5) is 25.6. The first kappa shape index (κ1) is 11.2. The van der Waals surface area contributed by atoms with Gasteiger partial charge in [0.15, 0.2) is 0 Å². The van der Waals surface area contributed by atoms with Gasteiger partial charge in [0, 0.05) is 0 Å². The Kier molecular flexibility index (Phi) is 3.78. The van der Waals surface area contributed by atoms with E-state index in [4.69, 9.17) is 5.11 Å². The number of hydrogen-bond donors (Lipinski definition) is 2. The molecule has 82 valence electrons. The molecule has 1 aromatic heterocycles. The lowest BCUT2D eigenvalue weighted by Gasteiger charge is -2.11. The summed E-state index contributed by atoms with van der Waals surface area (Å²) >= 11 is 0. The van der Waals surface area contributed by atoms with E-state index in [2.05, 4.69) is 15.4 Å². The molecule has 2 N–H and O–H groups in total. The minimum atomic E-state index is -1.04. The number of carbonyl (C=O) groups excluding carboxylic acids is 1. The fraction of sp³-hybridized carbons (Fsp3) is 0.500. The molecule has 1 atom stereocenters. The lowest BCUT2D eigenvalue weighted by Crippen LogP contribution is -2.41. The minimum Gasteiger partial charge on any atom is -0.480 e. The number of carboxylic acid groups (broad SMARTS) is 1. The van der Waals surface area contributed by atoms with Crippen LogP contribution in [0.1, 0.15) is 13.3 Å². The Hall–Kier alpha value is -1.92. The summed E-state index contributed by atoms with van der Waals surface area (Å²) in [6.07, 6.45) is 3.04. The molecule has 7 heteroatoms. The van der Waals surface area contributed by atoms with Gasteiger partial charge >= 0.3 is 5.97 Å². The summed E-state index contributed by atoms with van der Waals surface area (Å²) in [6.45, 7) is 1.66. The SMILES string of the molecule is CC[C@@H](NC(=O)Cn1cncn1)C(=O)O. The molecule has 1 aromatic rings. The number of aromatic nitrogens is 3. The van der Waals surface area contributed by atoms with Crippen molar-refractivity contribution >= 4 is 11.9 Å². The predicted octanol–water partition coefficient (Wildman–Crippen LogP) is -0.743. The second-order valence-corrected chi connectivity index (χ2v) is 2.96. The fourth-order valence-corrected chi connectivity index (χ4v) is 1.04. The molecule has 0 aliphatic rings. The number of hydrogen-bond acceptors (Lipinski definition) is 4. The summed E-state index contributed by atoms with van der Waals surface area (Å²) < 4.78 is 1.32. The first-order valence-corrected chi connectivity index (χ1v) is 4.48. The highest BCUT2D eigenvalue weighted by atomic mass is 16.4. The van der Waals surface area contributed by atoms with Crippen LogP contribution in [-0.4, -0.2) is 37.8 Å². The fourth-order valence-electron chi connectivity index (χ4n) is 1.04. The highest BCUT2D eigenvalue weighted by Crippen LogP contribution is 1.91. The van der Waals surface area contributed by atoms with Crippen molar-refractivity contribution in [1.29, 1.82) is 0 Å². The van der Waals surface area contributed by atoms with Crippen molar-refractivity contribution in [2.45, 2.75) is 25.9 Å². The lowest BCUT2D eigenvalue weighted by atomic mass is 10.2. The zero-order valence-corrected chi connectivity index (χ0v) is 8.25. The Bertz CT molecular complexity index is 336. The number of rotatable bonds is 5. The largest absolute Gasteiger partial charge is 0.480 e. The van der Waals surface area contributed by atoms with Crippen LogP contribution in [0.5, 0.6) is 0 Å². The summed E-state index contributed by atoms with van der Waals surface area (Å²) in [6, 6.07) is -0.846. The monoisotopic (exact) mass is 212 g/mol. The lowest BCUT2D eigenvalue weighted by molar-refractivity contribution is -0.142. The molecule has 0 aliphatic carbocycles. The molecule has 0 aromatic carbocycles. The van der Waals surface area contributed by atoms with Gasteiger partial charge in [0.1, 0.15) is 25.2 Å². The normalized spacial score (nSPS) is 12.1. The molecule has 0 bridgehead atoms. The molecule has 1 rings (SSSR count). The van der Waals surface area contributed by atoms with E-state index >= 15 is 0 Å². The first-order valence-electron chi connectivity index (χ1n) is 4.48. The van der Waals surface area contributed by atoms with Gasteiger partial charge in [-0.15, -0.1) is 0 Å². The van der Waals surface area contributed by atoms with Gasteiger partial charge in [0.2, 0.25) is 5.91 Å². The van der Waals surface area contributed by atoms with E-state index in [-0.39, 0.29) is 6.54 Å². The molecule has 0 fully saturated rings. The molecule has 0 spiro atoms. The second kappa shape index (κ2) is 5.08. The summed E-state index contributed by atoms with van der Waals surface area (Å²) in [5.74, 6) is -1.43. The molecule has 7 nitrogen and oxygen atoms in total. The van der Waals surface area contributed by atoms with E-state index in [1.165, 1.54) is 17.3 Å². The van der Waals surface area contributed by atoms with Crippen molar-refractivity contribution in [2.75, 3.05) is 0 Å². The van der Waals surface area contributed by atoms with Crippen LogP contribution in [-0.2, 0) is 16.1 Å². The molecule has 15 heavy (non-hydrogen) atoms. The van der Waals surface area contributed by atoms with Crippen molar-refractivity contribution in [2.24, 2.45) is 0 Å². The van der Waals surface area contributed by atoms with Crippen LogP contribution < -0.4 is 5.32 Å². The second-order valence-electron chi connectivity index (χ2n) is 2.96. The van der Waals surface area contributed by atoms with E-state index in [9.17, 15) is 9.59 Å². The third kappa shape index (κ3) is 3.37. The predicted molar refractivity (Wildman–Crippen MR) is 49.9 cm³/mol. The van der Waals surface area contributed by atoms with Crippen molar-refractivity contribution in [3.8, 4) is 0 Å². The molecule has 0 saturated carbocycles. The Morgan fingerprint density at radius 2 is 2.33 bits per heavy atom. The summed E-state index contributed by atoms with van der Waals surface area (Å²) in [5.41, 5.74) is 0. The smallest absolute Gasteiger partial charge is 0.326 e. The Morgan fingerprint density at radius 3 is 2.80 bits per heavy atom. The number of nitrogens with zero attached hydrogens (tertiary/aromatic N) is 3. The molecular weight excluding hydrogens is 200 g/mol. The third-order valence-corrected chi connectivity index (χ3v) is 1.81. The van der Waals surface area contributed by atoms with Crippen molar-refractivity contribution in [1.82, 2.24) is 20.1 Å². The first-order chi connectivity index (χ1) is 7.13. The third-order valence-electron chi connectivity index (χ3n) is 1.81. The maximum atomic E-state index is 11.3. The van der Waals surface area contributed by atoms with E-state index in [1.807, 2.05) is 0 Å². The van der Waals surface area contributed by atoms with Crippen LogP contribution >= 0.6 is 0 Å². The molecule has 1 amide bonds. The Balaban J connectivity index is 2.45. The standard InChI is InChI=1S/C8H12N4O3/c1-2-6(8(14)15)11-7(13)3-12-5-9-4-10-12/h4-6H,2-3H2,1H3,(H,11,13)(H,14,15)/t6-/m1/s1. The van der Waals surface area contributed by atoms with Crippen LogP contribution in [0, 0.1) is 0 Å². The average molecular weight is 212 g/mol. The zero-order valence-electron chi connectivity index (χ0n) is 8.25. The number of nitrogens with one attached hydrogen (secondary N) is 1. The van der Waals surface area contributed by atoms with Gasteiger partial charge in [-0.25, -0.2) is 14.5 Å². The number of amides is 1. The van der Waals surface area contributed by atoms with Crippen LogP contribution in [0.3, 0.4) is 0 Å². The van der Waals surface area contributed by atoms with Gasteiger partial charge in [-0.2, -0.15) is 5.10 Å². The van der Waals surface area contributed by atoms with Crippen LogP contribution in [0.2, 0.25) is 0 Å². The summed E-state index contributed by atoms with van der Waals surface area (Å²) in [5, 5.41) is 14.8. The van der Waals surface area contributed by atoms with E-state index in [0.29, 0.717) is 6.42 Å². The van der Waals surface area contributed by atoms with E-state index in [0.717, 1.165) is 0 Å². The molecule has 0 aliphatic heterocycles. The van der Waals surface area contributed by atoms with E-state index < -0.39 is 17.9 Å². The Labute approximate surface area is 86.1 Å². The average Bonchev–Trinajstić information content (AvgIpc) is 2.66. The van der Waals surface area contributed by atoms with Crippen LogP contribution in [0.4, 0.5) is 0 Å². The van der Waals surface area contributed by atoms with Gasteiger partial charge in [0.25, 0.3) is 0 Å². The Morgan fingerprint density at radius 1 is 1.60 bits per heavy atom. The topological polar surface area (TPSA) is 97.1 Å². The zero-order chi connectivity index (χ0) is 11.3. The minimum absolute atomic E-state index is 0.0240. The maximum Gasteiger partial charge on any atom is 0.326 e. The number of aliphatic carboxylic acids is 1. The van der Waals surface area contributed by atoms with Crippen LogP contribution in [0.15, 0.2) is 12.7 Å². The van der Waals surface area contributed by atoms with Gasteiger partial charge < -0.3 is 10.4 Å². The van der Waals surface area contributed by atoms with Crippen molar-refractivity contribution < 1.29 is 14.7 Å². The van der Waals surface area contributed by atoms with Gasteiger partial charge in [0.05, 0.1) is 0 Å².